The Hall–Kier alpha value is -2.19. The molecule has 94 valence electrons. The minimum atomic E-state index is -0.479. The smallest absolute Gasteiger partial charge is 0.178 e. The lowest BCUT2D eigenvalue weighted by Gasteiger charge is -2.07. The third kappa shape index (κ3) is 2.64. The van der Waals surface area contributed by atoms with E-state index in [1.165, 1.54) is 10.8 Å². The summed E-state index contributed by atoms with van der Waals surface area (Å²) >= 11 is 0. The number of rotatable bonds is 3. The maximum absolute atomic E-state index is 10.2. The Balaban J connectivity index is 1.85. The van der Waals surface area contributed by atoms with E-state index in [-0.39, 0.29) is 0 Å². The van der Waals surface area contributed by atoms with Crippen LogP contribution in [-0.4, -0.2) is 5.11 Å². The second-order valence-electron chi connectivity index (χ2n) is 4.70. The second-order valence-corrected chi connectivity index (χ2v) is 4.70. The first-order valence-corrected chi connectivity index (χ1v) is 6.44. The Morgan fingerprint density at radius 1 is 0.842 bits per heavy atom. The number of aromatic nitrogens is 1. The van der Waals surface area contributed by atoms with Crippen LogP contribution in [0.4, 0.5) is 0 Å². The molecule has 0 amide bonds. The van der Waals surface area contributed by atoms with E-state index >= 15 is 0 Å². The fourth-order valence-corrected chi connectivity index (χ4v) is 2.27. The van der Waals surface area contributed by atoms with Gasteiger partial charge in [0.05, 0.1) is 0 Å². The summed E-state index contributed by atoms with van der Waals surface area (Å²) in [7, 11) is 0. The largest absolute Gasteiger partial charge is 0.382 e. The lowest BCUT2D eigenvalue weighted by atomic mass is 10.1. The van der Waals surface area contributed by atoms with Crippen molar-refractivity contribution in [2.75, 3.05) is 0 Å². The lowest BCUT2D eigenvalue weighted by molar-refractivity contribution is -0.703. The molecule has 0 fully saturated rings. The molecule has 1 heterocycles. The van der Waals surface area contributed by atoms with Crippen molar-refractivity contribution in [3.05, 3.63) is 78.6 Å². The van der Waals surface area contributed by atoms with Crippen molar-refractivity contribution in [3.8, 4) is 0 Å². The highest BCUT2D eigenvalue weighted by Crippen LogP contribution is 2.13. The van der Waals surface area contributed by atoms with Gasteiger partial charge in [-0.05, 0) is 17.0 Å². The predicted octanol–water partition coefficient (Wildman–Crippen LogP) is 2.86. The Morgan fingerprint density at radius 3 is 2.32 bits per heavy atom. The molecular weight excluding hydrogens is 234 g/mol. The topological polar surface area (TPSA) is 24.1 Å². The van der Waals surface area contributed by atoms with Crippen LogP contribution in [0.3, 0.4) is 0 Å². The highest BCUT2D eigenvalue weighted by Gasteiger charge is 2.13. The molecule has 1 N–H and O–H groups in total. The minimum absolute atomic E-state index is 0.479. The number of nitrogens with zero attached hydrogens (tertiary/aromatic N) is 1. The fourth-order valence-electron chi connectivity index (χ4n) is 2.27. The second kappa shape index (κ2) is 5.21. The van der Waals surface area contributed by atoms with Crippen LogP contribution >= 0.6 is 0 Å². The summed E-state index contributed by atoms with van der Waals surface area (Å²) in [4.78, 5) is 0. The zero-order valence-electron chi connectivity index (χ0n) is 10.6. The SMILES string of the molecule is O[C@@H](C[n+]1ccc2ccccc2c1)c1ccccc1. The zero-order chi connectivity index (χ0) is 13.1. The molecule has 2 nitrogen and oxygen atoms in total. The summed E-state index contributed by atoms with van der Waals surface area (Å²) in [6.45, 7) is 0.564. The zero-order valence-corrected chi connectivity index (χ0v) is 10.6. The molecule has 1 atom stereocenters. The van der Waals surface area contributed by atoms with E-state index in [4.69, 9.17) is 0 Å². The first-order chi connectivity index (χ1) is 9.33. The first-order valence-electron chi connectivity index (χ1n) is 6.44. The number of fused-ring (bicyclic) bond motifs is 1. The van der Waals surface area contributed by atoms with Crippen molar-refractivity contribution in [1.82, 2.24) is 0 Å². The van der Waals surface area contributed by atoms with Gasteiger partial charge in [0.2, 0.25) is 0 Å². The van der Waals surface area contributed by atoms with Crippen LogP contribution in [0.5, 0.6) is 0 Å². The summed E-state index contributed by atoms with van der Waals surface area (Å²) in [5.74, 6) is 0. The molecule has 0 spiro atoms. The molecule has 0 aliphatic heterocycles. The fraction of sp³-hybridized carbons (Fsp3) is 0.118. The van der Waals surface area contributed by atoms with E-state index in [1.54, 1.807) is 0 Å². The van der Waals surface area contributed by atoms with Gasteiger partial charge in [0.25, 0.3) is 0 Å². The number of pyridine rings is 1. The molecule has 0 aliphatic rings. The molecule has 1 aromatic heterocycles. The molecule has 0 radical (unpaired) electrons. The Bertz CT molecular complexity index is 679. The van der Waals surface area contributed by atoms with Crippen molar-refractivity contribution in [2.45, 2.75) is 12.6 Å². The molecule has 0 saturated heterocycles. The van der Waals surface area contributed by atoms with Gasteiger partial charge in [-0.25, -0.2) is 4.57 Å². The van der Waals surface area contributed by atoms with Crippen molar-refractivity contribution >= 4 is 10.8 Å². The quantitative estimate of drug-likeness (QED) is 0.710. The van der Waals surface area contributed by atoms with E-state index in [9.17, 15) is 5.11 Å². The van der Waals surface area contributed by atoms with E-state index in [1.807, 2.05) is 53.2 Å². The van der Waals surface area contributed by atoms with Crippen LogP contribution in [0, 0.1) is 0 Å². The Labute approximate surface area is 112 Å². The number of hydrogen-bond acceptors (Lipinski definition) is 1. The van der Waals surface area contributed by atoms with Crippen LogP contribution in [0.15, 0.2) is 73.1 Å². The van der Waals surface area contributed by atoms with Gasteiger partial charge in [-0.1, -0.05) is 48.5 Å². The molecule has 19 heavy (non-hydrogen) atoms. The van der Waals surface area contributed by atoms with Gasteiger partial charge in [-0.15, -0.1) is 0 Å². The Morgan fingerprint density at radius 2 is 1.53 bits per heavy atom. The molecule has 0 unspecified atom stereocenters. The highest BCUT2D eigenvalue weighted by atomic mass is 16.3. The third-order valence-corrected chi connectivity index (χ3v) is 3.31. The number of benzene rings is 2. The van der Waals surface area contributed by atoms with Crippen LogP contribution in [0.1, 0.15) is 11.7 Å². The van der Waals surface area contributed by atoms with Crippen LogP contribution in [0.25, 0.3) is 10.8 Å². The molecule has 0 aliphatic carbocycles. The van der Waals surface area contributed by atoms with E-state index < -0.39 is 6.10 Å². The maximum atomic E-state index is 10.2. The number of aliphatic hydroxyl groups is 1. The predicted molar refractivity (Wildman–Crippen MR) is 75.5 cm³/mol. The van der Waals surface area contributed by atoms with Gasteiger partial charge in [0.1, 0.15) is 6.10 Å². The van der Waals surface area contributed by atoms with Crippen LogP contribution < -0.4 is 4.57 Å². The molecule has 2 aromatic carbocycles. The molecule has 2 heteroatoms. The van der Waals surface area contributed by atoms with Crippen LogP contribution in [-0.2, 0) is 6.54 Å². The Kier molecular flexibility index (Phi) is 3.25. The van der Waals surface area contributed by atoms with E-state index in [0.717, 1.165) is 5.56 Å². The minimum Gasteiger partial charge on any atom is -0.382 e. The van der Waals surface area contributed by atoms with Gasteiger partial charge in [-0.3, -0.25) is 0 Å². The van der Waals surface area contributed by atoms with Crippen LogP contribution in [0.2, 0.25) is 0 Å². The van der Waals surface area contributed by atoms with Gasteiger partial charge in [0, 0.05) is 11.5 Å². The molecule has 3 rings (SSSR count). The van der Waals surface area contributed by atoms with Gasteiger partial charge >= 0.3 is 0 Å². The first kappa shape index (κ1) is 11.9. The van der Waals surface area contributed by atoms with Crippen molar-refractivity contribution in [3.63, 3.8) is 0 Å². The molecule has 0 bridgehead atoms. The van der Waals surface area contributed by atoms with Crippen molar-refractivity contribution in [1.29, 1.82) is 0 Å². The summed E-state index contributed by atoms with van der Waals surface area (Å²) < 4.78 is 2.03. The average Bonchev–Trinajstić information content (AvgIpc) is 2.48. The van der Waals surface area contributed by atoms with E-state index in [0.29, 0.717) is 6.54 Å². The molecule has 3 aromatic rings. The number of aliphatic hydroxyl groups excluding tert-OH is 1. The number of hydrogen-bond donors (Lipinski definition) is 1. The standard InChI is InChI=1S/C17H16NO/c19-17(15-7-2-1-3-8-15)13-18-11-10-14-6-4-5-9-16(14)12-18/h1-12,17,19H,13H2/q+1/t17-/m0/s1. The lowest BCUT2D eigenvalue weighted by Crippen LogP contribution is -2.35. The van der Waals surface area contributed by atoms with Crippen molar-refractivity contribution in [2.24, 2.45) is 0 Å². The van der Waals surface area contributed by atoms with Crippen molar-refractivity contribution < 1.29 is 9.67 Å². The van der Waals surface area contributed by atoms with Gasteiger partial charge in [0.15, 0.2) is 18.9 Å². The molecular formula is C17H16NO+. The summed E-state index contributed by atoms with van der Waals surface area (Å²) in [6, 6.07) is 20.1. The molecule has 0 saturated carbocycles. The summed E-state index contributed by atoms with van der Waals surface area (Å²) in [6.07, 6.45) is 3.60. The summed E-state index contributed by atoms with van der Waals surface area (Å²) in [5.41, 5.74) is 0.947. The third-order valence-electron chi connectivity index (χ3n) is 3.31. The van der Waals surface area contributed by atoms with Gasteiger partial charge in [-0.2, -0.15) is 0 Å². The maximum Gasteiger partial charge on any atom is 0.178 e. The highest BCUT2D eigenvalue weighted by molar-refractivity contribution is 5.80. The van der Waals surface area contributed by atoms with Gasteiger partial charge < -0.3 is 5.11 Å². The summed E-state index contributed by atoms with van der Waals surface area (Å²) in [5, 5.41) is 12.6. The monoisotopic (exact) mass is 250 g/mol. The average molecular weight is 250 g/mol. The van der Waals surface area contributed by atoms with E-state index in [2.05, 4.69) is 24.4 Å². The normalized spacial score (nSPS) is 12.5.